The highest BCUT2D eigenvalue weighted by Gasteiger charge is 2.33. The second-order valence-electron chi connectivity index (χ2n) is 7.74. The normalized spacial score (nSPS) is 23.8. The molecule has 4 rings (SSSR count). The minimum absolute atomic E-state index is 0.198. The fraction of sp³-hybridized carbons (Fsp3) is 0.450. The van der Waals surface area contributed by atoms with Crippen LogP contribution in [0.2, 0.25) is 0 Å². The molecule has 0 unspecified atom stereocenters. The summed E-state index contributed by atoms with van der Waals surface area (Å²) >= 11 is 3.44. The van der Waals surface area contributed by atoms with Crippen molar-refractivity contribution >= 4 is 27.7 Å². The lowest BCUT2D eigenvalue weighted by molar-refractivity contribution is -0.145. The largest absolute Gasteiger partial charge is 0.391 e. The number of rotatable bonds is 4. The van der Waals surface area contributed by atoms with Gasteiger partial charge in [0.25, 0.3) is 0 Å². The van der Waals surface area contributed by atoms with Crippen LogP contribution >= 0.6 is 15.9 Å². The van der Waals surface area contributed by atoms with Crippen molar-refractivity contribution in [3.05, 3.63) is 51.0 Å². The molecule has 1 fully saturated rings. The van der Waals surface area contributed by atoms with Crippen LogP contribution in [0.15, 0.2) is 27.8 Å². The number of nitrogens with zero attached hydrogens (tertiary/aromatic N) is 3. The molecule has 8 nitrogen and oxygen atoms in total. The molecule has 3 N–H and O–H groups in total. The Morgan fingerprint density at radius 1 is 1.40 bits per heavy atom. The van der Waals surface area contributed by atoms with Crippen LogP contribution in [0.5, 0.6) is 0 Å². The lowest BCUT2D eigenvalue weighted by Crippen LogP contribution is -2.38. The minimum atomic E-state index is -0.626. The average molecular weight is 480 g/mol. The van der Waals surface area contributed by atoms with E-state index in [0.717, 1.165) is 16.8 Å². The summed E-state index contributed by atoms with van der Waals surface area (Å²) in [5, 5.41) is 7.68. The molecule has 2 aliphatic heterocycles. The first-order chi connectivity index (χ1) is 14.2. The van der Waals surface area contributed by atoms with Crippen LogP contribution in [0, 0.1) is 12.7 Å². The Kier molecular flexibility index (Phi) is 5.65. The first kappa shape index (κ1) is 21.0. The molecule has 0 bridgehead atoms. The molecule has 1 aromatic carbocycles. The molecule has 0 spiro atoms. The van der Waals surface area contributed by atoms with Gasteiger partial charge in [0.15, 0.2) is 11.6 Å². The second-order valence-corrected chi connectivity index (χ2v) is 8.60. The molecule has 0 aliphatic carbocycles. The number of amidine groups is 1. The minimum Gasteiger partial charge on any atom is -0.391 e. The van der Waals surface area contributed by atoms with E-state index >= 15 is 0 Å². The van der Waals surface area contributed by atoms with Crippen LogP contribution in [0.1, 0.15) is 42.4 Å². The molecule has 1 saturated heterocycles. The van der Waals surface area contributed by atoms with E-state index in [1.54, 1.807) is 6.07 Å². The zero-order valence-electron chi connectivity index (χ0n) is 16.9. The maximum atomic E-state index is 13.6. The van der Waals surface area contributed by atoms with E-state index in [2.05, 4.69) is 36.4 Å². The summed E-state index contributed by atoms with van der Waals surface area (Å²) in [5.74, 6) is -0.251. The third-order valence-electron chi connectivity index (χ3n) is 4.95. The van der Waals surface area contributed by atoms with Crippen LogP contribution in [0.4, 0.5) is 10.3 Å². The molecule has 3 heterocycles. The quantitative estimate of drug-likeness (QED) is 0.649. The number of hydrogen-bond acceptors (Lipinski definition) is 7. The number of anilines is 1. The van der Waals surface area contributed by atoms with Crippen molar-refractivity contribution in [1.29, 1.82) is 0 Å². The Labute approximate surface area is 182 Å². The van der Waals surface area contributed by atoms with Gasteiger partial charge in [0, 0.05) is 10.9 Å². The molecule has 0 amide bonds. The average Bonchev–Trinajstić information content (AvgIpc) is 2.99. The summed E-state index contributed by atoms with van der Waals surface area (Å²) < 4.78 is 25.5. The molecule has 2 atom stereocenters. The van der Waals surface area contributed by atoms with Gasteiger partial charge in [0.1, 0.15) is 18.5 Å². The van der Waals surface area contributed by atoms with Gasteiger partial charge in [-0.15, -0.1) is 0 Å². The summed E-state index contributed by atoms with van der Waals surface area (Å²) in [6.45, 7) is 6.23. The summed E-state index contributed by atoms with van der Waals surface area (Å²) in [6.07, 6.45) is 0.332. The highest BCUT2D eigenvalue weighted by molar-refractivity contribution is 9.10. The van der Waals surface area contributed by atoms with E-state index in [9.17, 15) is 4.39 Å². The number of ether oxygens (including phenoxy) is 2. The third kappa shape index (κ3) is 4.40. The van der Waals surface area contributed by atoms with Gasteiger partial charge in [-0.05, 0) is 38.5 Å². The van der Waals surface area contributed by atoms with Gasteiger partial charge in [0.05, 0.1) is 29.6 Å². The molecule has 30 heavy (non-hydrogen) atoms. The number of nitrogens with two attached hydrogens (primary N) is 1. The molecule has 10 heteroatoms. The van der Waals surface area contributed by atoms with E-state index in [0.29, 0.717) is 29.0 Å². The number of hydrogen-bond donors (Lipinski definition) is 2. The van der Waals surface area contributed by atoms with E-state index in [4.69, 9.17) is 20.0 Å². The molecular weight excluding hydrogens is 457 g/mol. The van der Waals surface area contributed by atoms with Gasteiger partial charge in [0.2, 0.25) is 5.95 Å². The first-order valence-electron chi connectivity index (χ1n) is 9.58. The Balaban J connectivity index is 1.61. The summed E-state index contributed by atoms with van der Waals surface area (Å²) in [5.41, 5.74) is 8.95. The number of oxime groups is 1. The maximum Gasteiger partial charge on any atom is 0.220 e. The highest BCUT2D eigenvalue weighted by atomic mass is 79.9. The van der Waals surface area contributed by atoms with E-state index in [1.165, 1.54) is 12.1 Å². The Hall–Kier alpha value is -2.30. The predicted octanol–water partition coefficient (Wildman–Crippen LogP) is 2.99. The lowest BCUT2D eigenvalue weighted by Gasteiger charge is -2.29. The van der Waals surface area contributed by atoms with Crippen molar-refractivity contribution in [3.63, 3.8) is 0 Å². The highest BCUT2D eigenvalue weighted by Crippen LogP contribution is 2.31. The van der Waals surface area contributed by atoms with Crippen molar-refractivity contribution in [1.82, 2.24) is 15.3 Å². The first-order valence-corrected chi connectivity index (χ1v) is 10.4. The van der Waals surface area contributed by atoms with Crippen LogP contribution in [0.25, 0.3) is 0 Å². The van der Waals surface area contributed by atoms with Gasteiger partial charge in [-0.1, -0.05) is 27.2 Å². The number of aryl methyl sites for hydroxylation is 1. The van der Waals surface area contributed by atoms with Crippen LogP contribution in [-0.4, -0.2) is 40.9 Å². The van der Waals surface area contributed by atoms with Gasteiger partial charge in [-0.3, -0.25) is 0 Å². The zero-order chi connectivity index (χ0) is 21.5. The third-order valence-corrected chi connectivity index (χ3v) is 5.64. The number of nitrogen functional groups attached to an aromatic ring is 1. The van der Waals surface area contributed by atoms with Gasteiger partial charge in [-0.25, -0.2) is 14.4 Å². The number of nitrogens with one attached hydrogen (secondary N) is 1. The molecule has 0 radical (unpaired) electrons. The molecule has 1 aromatic heterocycles. The van der Waals surface area contributed by atoms with Gasteiger partial charge < -0.3 is 25.4 Å². The van der Waals surface area contributed by atoms with E-state index in [1.807, 2.05) is 20.8 Å². The Bertz CT molecular complexity index is 1000. The maximum absolute atomic E-state index is 13.6. The second kappa shape index (κ2) is 8.09. The van der Waals surface area contributed by atoms with E-state index < -0.39 is 5.79 Å². The monoisotopic (exact) mass is 479 g/mol. The summed E-state index contributed by atoms with van der Waals surface area (Å²) in [6, 6.07) is 4.37. The van der Waals surface area contributed by atoms with Crippen molar-refractivity contribution in [2.24, 2.45) is 5.16 Å². The standard InChI is InChI=1S/C20H23BrFN5O3/c1-10-17-16(26-19(23)24-10)7-15(13-5-4-11(22)6-14(13)21)25-18(17)27-29-9-12-8-28-20(2,3)30-12/h4-6,12,15H,7-9H2,1-3H3,(H,25,27)(H2,23,24,26)/t12-,15+/m0/s1. The van der Waals surface area contributed by atoms with Gasteiger partial charge in [-0.2, -0.15) is 0 Å². The van der Waals surface area contributed by atoms with Crippen LogP contribution < -0.4 is 11.1 Å². The van der Waals surface area contributed by atoms with Crippen LogP contribution in [0.3, 0.4) is 0 Å². The SMILES string of the molecule is Cc1nc(N)nc2c1/C(=N/OC[C@@H]1COC(C)(C)O1)N[C@@H](c1ccc(F)cc1Br)C2. The van der Waals surface area contributed by atoms with Crippen LogP contribution in [-0.2, 0) is 20.7 Å². The summed E-state index contributed by atoms with van der Waals surface area (Å²) in [7, 11) is 0. The summed E-state index contributed by atoms with van der Waals surface area (Å²) in [4.78, 5) is 14.3. The van der Waals surface area contributed by atoms with Crippen molar-refractivity contribution in [2.75, 3.05) is 18.9 Å². The Morgan fingerprint density at radius 2 is 2.20 bits per heavy atom. The molecule has 2 aliphatic rings. The van der Waals surface area contributed by atoms with Crippen molar-refractivity contribution < 1.29 is 18.7 Å². The number of fused-ring (bicyclic) bond motifs is 1. The zero-order valence-corrected chi connectivity index (χ0v) is 18.5. The van der Waals surface area contributed by atoms with Crippen molar-refractivity contribution in [3.8, 4) is 0 Å². The molecule has 0 saturated carbocycles. The molecule has 160 valence electrons. The van der Waals surface area contributed by atoms with Gasteiger partial charge >= 0.3 is 0 Å². The molecular formula is C20H23BrFN5O3. The Morgan fingerprint density at radius 3 is 2.90 bits per heavy atom. The van der Waals surface area contributed by atoms with E-state index in [-0.39, 0.29) is 30.5 Å². The fourth-order valence-electron chi connectivity index (χ4n) is 3.67. The predicted molar refractivity (Wildman–Crippen MR) is 112 cm³/mol. The number of halogens is 2. The van der Waals surface area contributed by atoms with Crippen molar-refractivity contribution in [2.45, 2.75) is 45.1 Å². The number of benzene rings is 1. The topological polar surface area (TPSA) is 104 Å². The smallest absolute Gasteiger partial charge is 0.220 e. The molecule has 2 aromatic rings. The fourth-order valence-corrected chi connectivity index (χ4v) is 4.29. The lowest BCUT2D eigenvalue weighted by atomic mass is 9.94. The number of aromatic nitrogens is 2.